The molecule has 0 aliphatic carbocycles. The van der Waals surface area contributed by atoms with E-state index in [1.54, 1.807) is 0 Å². The van der Waals surface area contributed by atoms with Crippen molar-refractivity contribution in [1.29, 1.82) is 0 Å². The smallest absolute Gasteiger partial charge is 0.237 e. The van der Waals surface area contributed by atoms with E-state index in [9.17, 15) is 4.79 Å². The van der Waals surface area contributed by atoms with Crippen molar-refractivity contribution in [2.24, 2.45) is 5.92 Å². The summed E-state index contributed by atoms with van der Waals surface area (Å²) < 4.78 is 5.45. The van der Waals surface area contributed by atoms with Crippen LogP contribution in [0.25, 0.3) is 0 Å². The average molecular weight is 262 g/mol. The molecule has 0 aromatic heterocycles. The highest BCUT2D eigenvalue weighted by molar-refractivity contribution is 5.82. The molecule has 1 aromatic carbocycles. The van der Waals surface area contributed by atoms with Crippen LogP contribution in [0.2, 0.25) is 0 Å². The highest BCUT2D eigenvalue weighted by atomic mass is 16.5. The van der Waals surface area contributed by atoms with Crippen molar-refractivity contribution in [3.8, 4) is 5.75 Å². The lowest BCUT2D eigenvalue weighted by Crippen LogP contribution is -2.42. The zero-order chi connectivity index (χ0) is 13.7. The van der Waals surface area contributed by atoms with Crippen LogP contribution in [0.4, 0.5) is 0 Å². The first kappa shape index (κ1) is 13.9. The second-order valence-electron chi connectivity index (χ2n) is 5.00. The molecule has 1 aliphatic heterocycles. The van der Waals surface area contributed by atoms with E-state index in [-0.39, 0.29) is 11.9 Å². The minimum absolute atomic E-state index is 0.0462. The van der Waals surface area contributed by atoms with Crippen molar-refractivity contribution in [1.82, 2.24) is 10.6 Å². The molecule has 2 rings (SSSR count). The first-order valence-corrected chi connectivity index (χ1v) is 6.93. The van der Waals surface area contributed by atoms with Crippen molar-refractivity contribution < 1.29 is 9.53 Å². The number of ether oxygens (including phenoxy) is 1. The van der Waals surface area contributed by atoms with E-state index < -0.39 is 0 Å². The van der Waals surface area contributed by atoms with Gasteiger partial charge in [0.1, 0.15) is 5.75 Å². The highest BCUT2D eigenvalue weighted by Gasteiger charge is 2.28. The summed E-state index contributed by atoms with van der Waals surface area (Å²) in [7, 11) is 0. The summed E-state index contributed by atoms with van der Waals surface area (Å²) >= 11 is 0. The standard InChI is InChI=1S/C15H22N2O2/c1-3-19-13-6-4-5-12(9-13)10-17-15(18)14-11(2)7-8-16-14/h4-6,9,11,14,16H,3,7-8,10H2,1-2H3,(H,17,18). The van der Waals surface area contributed by atoms with Gasteiger partial charge >= 0.3 is 0 Å². The van der Waals surface area contributed by atoms with Crippen molar-refractivity contribution in [3.63, 3.8) is 0 Å². The van der Waals surface area contributed by atoms with Gasteiger partial charge in [0.15, 0.2) is 0 Å². The molecule has 1 aliphatic rings. The third kappa shape index (κ3) is 3.70. The number of carbonyl (C=O) groups excluding carboxylic acids is 1. The molecular weight excluding hydrogens is 240 g/mol. The zero-order valence-electron chi connectivity index (χ0n) is 11.6. The molecule has 1 heterocycles. The third-order valence-electron chi connectivity index (χ3n) is 3.49. The molecule has 0 saturated carbocycles. The van der Waals surface area contributed by atoms with E-state index in [2.05, 4.69) is 17.6 Å². The number of carbonyl (C=O) groups is 1. The molecule has 0 bridgehead atoms. The summed E-state index contributed by atoms with van der Waals surface area (Å²) in [4.78, 5) is 12.0. The first-order valence-electron chi connectivity index (χ1n) is 6.93. The fraction of sp³-hybridized carbons (Fsp3) is 0.533. The maximum absolute atomic E-state index is 12.0. The predicted molar refractivity (Wildman–Crippen MR) is 75.0 cm³/mol. The molecule has 1 amide bonds. The van der Waals surface area contributed by atoms with Gasteiger partial charge in [-0.05, 0) is 43.5 Å². The molecule has 19 heavy (non-hydrogen) atoms. The summed E-state index contributed by atoms with van der Waals surface area (Å²) in [5.74, 6) is 1.35. The highest BCUT2D eigenvalue weighted by Crippen LogP contribution is 2.15. The maximum Gasteiger partial charge on any atom is 0.237 e. The van der Waals surface area contributed by atoms with Crippen molar-refractivity contribution in [2.45, 2.75) is 32.9 Å². The third-order valence-corrected chi connectivity index (χ3v) is 3.49. The van der Waals surface area contributed by atoms with Gasteiger partial charge in [-0.25, -0.2) is 0 Å². The molecule has 2 N–H and O–H groups in total. The van der Waals surface area contributed by atoms with E-state index in [0.29, 0.717) is 19.1 Å². The Kier molecular flexibility index (Phi) is 4.80. The van der Waals surface area contributed by atoms with Crippen LogP contribution >= 0.6 is 0 Å². The Morgan fingerprint density at radius 1 is 1.53 bits per heavy atom. The summed E-state index contributed by atoms with van der Waals surface area (Å²) in [6.45, 7) is 6.20. The molecule has 2 atom stereocenters. The molecule has 1 saturated heterocycles. The van der Waals surface area contributed by atoms with Gasteiger partial charge in [-0.2, -0.15) is 0 Å². The fourth-order valence-corrected chi connectivity index (χ4v) is 2.40. The van der Waals surface area contributed by atoms with Gasteiger partial charge in [0.2, 0.25) is 5.91 Å². The van der Waals surface area contributed by atoms with Crippen LogP contribution in [0.1, 0.15) is 25.8 Å². The Labute approximate surface area is 114 Å². The number of hydrogen-bond acceptors (Lipinski definition) is 3. The van der Waals surface area contributed by atoms with Crippen LogP contribution in [0.3, 0.4) is 0 Å². The van der Waals surface area contributed by atoms with Crippen molar-refractivity contribution in [3.05, 3.63) is 29.8 Å². The van der Waals surface area contributed by atoms with Crippen LogP contribution in [-0.4, -0.2) is 25.1 Å². The molecular formula is C15H22N2O2. The van der Waals surface area contributed by atoms with Gasteiger partial charge in [0, 0.05) is 6.54 Å². The normalized spacial score (nSPS) is 22.2. The Balaban J connectivity index is 1.87. The minimum Gasteiger partial charge on any atom is -0.494 e. The largest absolute Gasteiger partial charge is 0.494 e. The van der Waals surface area contributed by atoms with Crippen molar-refractivity contribution >= 4 is 5.91 Å². The number of rotatable bonds is 5. The van der Waals surface area contributed by atoms with Gasteiger partial charge in [-0.15, -0.1) is 0 Å². The Bertz CT molecular complexity index is 434. The SMILES string of the molecule is CCOc1cccc(CNC(=O)C2NCCC2C)c1. The van der Waals surface area contributed by atoms with Gasteiger partial charge < -0.3 is 15.4 Å². The Hall–Kier alpha value is -1.55. The lowest BCUT2D eigenvalue weighted by Gasteiger charge is -2.15. The zero-order valence-corrected chi connectivity index (χ0v) is 11.6. The van der Waals surface area contributed by atoms with Crippen LogP contribution in [0, 0.1) is 5.92 Å². The lowest BCUT2D eigenvalue weighted by molar-refractivity contribution is -0.123. The predicted octanol–water partition coefficient (Wildman–Crippen LogP) is 1.70. The summed E-state index contributed by atoms with van der Waals surface area (Å²) in [5.41, 5.74) is 1.06. The lowest BCUT2D eigenvalue weighted by atomic mass is 10.0. The molecule has 4 nitrogen and oxygen atoms in total. The number of hydrogen-bond donors (Lipinski definition) is 2. The first-order chi connectivity index (χ1) is 9.20. The van der Waals surface area contributed by atoms with Gasteiger partial charge in [-0.3, -0.25) is 4.79 Å². The van der Waals surface area contributed by atoms with Gasteiger partial charge in [-0.1, -0.05) is 19.1 Å². The van der Waals surface area contributed by atoms with Crippen LogP contribution < -0.4 is 15.4 Å². The van der Waals surface area contributed by atoms with Crippen molar-refractivity contribution in [2.75, 3.05) is 13.2 Å². The summed E-state index contributed by atoms with van der Waals surface area (Å²) in [6, 6.07) is 7.79. The van der Waals surface area contributed by atoms with E-state index in [1.807, 2.05) is 31.2 Å². The fourth-order valence-electron chi connectivity index (χ4n) is 2.40. The average Bonchev–Trinajstić information content (AvgIpc) is 2.83. The second-order valence-corrected chi connectivity index (χ2v) is 5.00. The molecule has 104 valence electrons. The molecule has 0 spiro atoms. The van der Waals surface area contributed by atoms with E-state index in [0.717, 1.165) is 24.3 Å². The molecule has 0 radical (unpaired) electrons. The Morgan fingerprint density at radius 3 is 3.05 bits per heavy atom. The topological polar surface area (TPSA) is 50.4 Å². The monoisotopic (exact) mass is 262 g/mol. The number of amides is 1. The quantitative estimate of drug-likeness (QED) is 0.849. The van der Waals surface area contributed by atoms with Crippen LogP contribution in [0.5, 0.6) is 5.75 Å². The number of benzene rings is 1. The van der Waals surface area contributed by atoms with Gasteiger partial charge in [0.25, 0.3) is 0 Å². The summed E-state index contributed by atoms with van der Waals surface area (Å²) in [6.07, 6.45) is 1.07. The van der Waals surface area contributed by atoms with Gasteiger partial charge in [0.05, 0.1) is 12.6 Å². The van der Waals surface area contributed by atoms with E-state index >= 15 is 0 Å². The van der Waals surface area contributed by atoms with E-state index in [4.69, 9.17) is 4.74 Å². The minimum atomic E-state index is -0.0462. The van der Waals surface area contributed by atoms with Crippen LogP contribution in [-0.2, 0) is 11.3 Å². The molecule has 4 heteroatoms. The Morgan fingerprint density at radius 2 is 2.37 bits per heavy atom. The summed E-state index contributed by atoms with van der Waals surface area (Å²) in [5, 5.41) is 6.22. The number of nitrogens with one attached hydrogen (secondary N) is 2. The molecule has 2 unspecified atom stereocenters. The van der Waals surface area contributed by atoms with Crippen LogP contribution in [0.15, 0.2) is 24.3 Å². The van der Waals surface area contributed by atoms with E-state index in [1.165, 1.54) is 0 Å². The molecule has 1 fully saturated rings. The second kappa shape index (κ2) is 6.57. The maximum atomic E-state index is 12.0. The molecule has 1 aromatic rings.